The first-order valence-electron chi connectivity index (χ1n) is 6.16. The molecule has 1 aromatic rings. The van der Waals surface area contributed by atoms with Crippen molar-refractivity contribution in [3.05, 3.63) is 12.1 Å². The Bertz CT molecular complexity index is 378. The average Bonchev–Trinajstić information content (AvgIpc) is 2.36. The van der Waals surface area contributed by atoms with Crippen LogP contribution in [0.1, 0.15) is 20.3 Å². The van der Waals surface area contributed by atoms with Crippen LogP contribution in [-0.4, -0.2) is 38.6 Å². The van der Waals surface area contributed by atoms with E-state index in [0.717, 1.165) is 0 Å². The highest BCUT2D eigenvalue weighted by atomic mass is 16.5. The van der Waals surface area contributed by atoms with Crippen molar-refractivity contribution in [2.24, 2.45) is 0 Å². The highest BCUT2D eigenvalue weighted by Crippen LogP contribution is 2.41. The van der Waals surface area contributed by atoms with Gasteiger partial charge in [-0.2, -0.15) is 0 Å². The van der Waals surface area contributed by atoms with E-state index in [1.165, 1.54) is 0 Å². The SMILES string of the molecule is COc1cc(OC(C)CC(C)O)cc(OC)c1OC. The molecule has 0 saturated carbocycles. The van der Waals surface area contributed by atoms with Gasteiger partial charge in [0.2, 0.25) is 5.75 Å². The molecule has 0 aliphatic rings. The third-order valence-electron chi connectivity index (χ3n) is 2.65. The van der Waals surface area contributed by atoms with Gasteiger partial charge in [-0.15, -0.1) is 0 Å². The highest BCUT2D eigenvalue weighted by Gasteiger charge is 2.15. The van der Waals surface area contributed by atoms with Crippen LogP contribution in [0.5, 0.6) is 23.0 Å². The smallest absolute Gasteiger partial charge is 0.203 e. The fourth-order valence-electron chi connectivity index (χ4n) is 1.89. The summed E-state index contributed by atoms with van der Waals surface area (Å²) in [5, 5.41) is 9.34. The number of methoxy groups -OCH3 is 3. The molecule has 0 fully saturated rings. The minimum Gasteiger partial charge on any atom is -0.493 e. The van der Waals surface area contributed by atoms with Crippen LogP contribution in [0.25, 0.3) is 0 Å². The Kier molecular flexibility index (Phi) is 5.76. The average molecular weight is 270 g/mol. The second-order valence-corrected chi connectivity index (χ2v) is 4.37. The Labute approximate surface area is 114 Å². The molecule has 0 aliphatic carbocycles. The molecule has 2 unspecified atom stereocenters. The lowest BCUT2D eigenvalue weighted by molar-refractivity contribution is 0.115. The summed E-state index contributed by atoms with van der Waals surface area (Å²) in [6.45, 7) is 3.63. The van der Waals surface area contributed by atoms with Crippen molar-refractivity contribution in [1.82, 2.24) is 0 Å². The van der Waals surface area contributed by atoms with E-state index in [2.05, 4.69) is 0 Å². The normalized spacial score (nSPS) is 13.6. The summed E-state index contributed by atoms with van der Waals surface area (Å²) in [5.74, 6) is 2.23. The first-order valence-corrected chi connectivity index (χ1v) is 6.16. The van der Waals surface area contributed by atoms with Crippen LogP contribution in [0.2, 0.25) is 0 Å². The minimum absolute atomic E-state index is 0.109. The van der Waals surface area contributed by atoms with E-state index in [1.54, 1.807) is 40.4 Å². The molecule has 2 atom stereocenters. The number of aliphatic hydroxyl groups excluding tert-OH is 1. The van der Waals surface area contributed by atoms with Crippen LogP contribution in [-0.2, 0) is 0 Å². The van der Waals surface area contributed by atoms with E-state index in [-0.39, 0.29) is 6.10 Å². The molecule has 0 saturated heterocycles. The van der Waals surface area contributed by atoms with E-state index in [9.17, 15) is 5.11 Å². The fraction of sp³-hybridized carbons (Fsp3) is 0.571. The molecule has 0 bridgehead atoms. The van der Waals surface area contributed by atoms with Crippen molar-refractivity contribution in [2.75, 3.05) is 21.3 Å². The molecular weight excluding hydrogens is 248 g/mol. The van der Waals surface area contributed by atoms with Crippen LogP contribution in [0.15, 0.2) is 12.1 Å². The summed E-state index contributed by atoms with van der Waals surface area (Å²) in [5.41, 5.74) is 0. The second-order valence-electron chi connectivity index (χ2n) is 4.37. The molecule has 5 nitrogen and oxygen atoms in total. The van der Waals surface area contributed by atoms with E-state index in [1.807, 2.05) is 6.92 Å². The van der Waals surface area contributed by atoms with E-state index >= 15 is 0 Å². The van der Waals surface area contributed by atoms with Gasteiger partial charge in [0, 0.05) is 18.6 Å². The Morgan fingerprint density at radius 2 is 1.53 bits per heavy atom. The topological polar surface area (TPSA) is 57.2 Å². The Hall–Kier alpha value is -1.62. The zero-order valence-electron chi connectivity index (χ0n) is 12.1. The van der Waals surface area contributed by atoms with Gasteiger partial charge in [-0.25, -0.2) is 0 Å². The number of ether oxygens (including phenoxy) is 4. The largest absolute Gasteiger partial charge is 0.493 e. The van der Waals surface area contributed by atoms with Crippen molar-refractivity contribution in [2.45, 2.75) is 32.5 Å². The van der Waals surface area contributed by atoms with Crippen LogP contribution >= 0.6 is 0 Å². The molecule has 1 N–H and O–H groups in total. The number of hydrogen-bond acceptors (Lipinski definition) is 5. The van der Waals surface area contributed by atoms with E-state index in [4.69, 9.17) is 18.9 Å². The standard InChI is InChI=1S/C14H22O5/c1-9(15)6-10(2)19-11-7-12(16-3)14(18-5)13(8-11)17-4/h7-10,15H,6H2,1-5H3. The summed E-state index contributed by atoms with van der Waals surface area (Å²) >= 11 is 0. The molecule has 19 heavy (non-hydrogen) atoms. The maximum Gasteiger partial charge on any atom is 0.203 e. The van der Waals surface area contributed by atoms with Crippen molar-refractivity contribution in [3.8, 4) is 23.0 Å². The Balaban J connectivity index is 2.96. The van der Waals surface area contributed by atoms with Crippen molar-refractivity contribution >= 4 is 0 Å². The van der Waals surface area contributed by atoms with Gasteiger partial charge >= 0.3 is 0 Å². The molecule has 0 amide bonds. The van der Waals surface area contributed by atoms with Gasteiger partial charge in [0.05, 0.1) is 33.5 Å². The quantitative estimate of drug-likeness (QED) is 0.823. The lowest BCUT2D eigenvalue weighted by Gasteiger charge is -2.19. The van der Waals surface area contributed by atoms with Gasteiger partial charge in [0.25, 0.3) is 0 Å². The zero-order chi connectivity index (χ0) is 14.4. The second kappa shape index (κ2) is 7.09. The van der Waals surface area contributed by atoms with Crippen molar-refractivity contribution < 1.29 is 24.1 Å². The van der Waals surface area contributed by atoms with Crippen LogP contribution in [0.3, 0.4) is 0 Å². The lowest BCUT2D eigenvalue weighted by Crippen LogP contribution is -2.18. The molecule has 0 aliphatic heterocycles. The predicted octanol–water partition coefficient (Wildman–Crippen LogP) is 2.25. The first-order chi connectivity index (χ1) is 9.01. The molecular formula is C14H22O5. The number of hydrogen-bond donors (Lipinski definition) is 1. The molecule has 0 radical (unpaired) electrons. The minimum atomic E-state index is -0.406. The van der Waals surface area contributed by atoms with Crippen LogP contribution in [0, 0.1) is 0 Å². The zero-order valence-corrected chi connectivity index (χ0v) is 12.1. The summed E-state index contributed by atoms with van der Waals surface area (Å²) in [7, 11) is 4.66. The molecule has 1 rings (SSSR count). The van der Waals surface area contributed by atoms with Gasteiger partial charge in [0.15, 0.2) is 11.5 Å². The molecule has 0 aromatic heterocycles. The summed E-state index contributed by atoms with van der Waals surface area (Å²) in [6, 6.07) is 3.47. The highest BCUT2D eigenvalue weighted by molar-refractivity contribution is 5.55. The fourth-order valence-corrected chi connectivity index (χ4v) is 1.89. The predicted molar refractivity (Wildman–Crippen MR) is 72.5 cm³/mol. The number of aliphatic hydroxyl groups is 1. The van der Waals surface area contributed by atoms with E-state index in [0.29, 0.717) is 29.4 Å². The molecule has 1 aromatic carbocycles. The number of benzene rings is 1. The molecule has 108 valence electrons. The molecule has 5 heteroatoms. The molecule has 0 spiro atoms. The summed E-state index contributed by atoms with van der Waals surface area (Å²) in [6.07, 6.45) is 0.0382. The lowest BCUT2D eigenvalue weighted by atomic mass is 10.2. The van der Waals surface area contributed by atoms with Crippen molar-refractivity contribution in [3.63, 3.8) is 0 Å². The van der Waals surface area contributed by atoms with Gasteiger partial charge in [0.1, 0.15) is 5.75 Å². The van der Waals surface area contributed by atoms with Crippen molar-refractivity contribution in [1.29, 1.82) is 0 Å². The monoisotopic (exact) mass is 270 g/mol. The van der Waals surface area contributed by atoms with Gasteiger partial charge < -0.3 is 24.1 Å². The van der Waals surface area contributed by atoms with Gasteiger partial charge in [-0.1, -0.05) is 0 Å². The Morgan fingerprint density at radius 1 is 1.00 bits per heavy atom. The maximum atomic E-state index is 9.34. The summed E-state index contributed by atoms with van der Waals surface area (Å²) in [4.78, 5) is 0. The third-order valence-corrected chi connectivity index (χ3v) is 2.65. The number of rotatable bonds is 7. The third kappa shape index (κ3) is 4.21. The van der Waals surface area contributed by atoms with Crippen LogP contribution in [0.4, 0.5) is 0 Å². The molecule has 0 heterocycles. The maximum absolute atomic E-state index is 9.34. The van der Waals surface area contributed by atoms with Gasteiger partial charge in [-0.3, -0.25) is 0 Å². The van der Waals surface area contributed by atoms with Gasteiger partial charge in [-0.05, 0) is 13.8 Å². The van der Waals surface area contributed by atoms with Crippen LogP contribution < -0.4 is 18.9 Å². The Morgan fingerprint density at radius 3 is 1.89 bits per heavy atom. The summed E-state index contributed by atoms with van der Waals surface area (Å²) < 4.78 is 21.5. The van der Waals surface area contributed by atoms with E-state index < -0.39 is 6.10 Å². The first kappa shape index (κ1) is 15.4.